The number of hydrogen-bond donors (Lipinski definition) is 2. The number of rotatable bonds is 14. The predicted octanol–water partition coefficient (Wildman–Crippen LogP) is 5.53. The molecule has 0 heterocycles. The van der Waals surface area contributed by atoms with Gasteiger partial charge < -0.3 is 29.7 Å². The number of benzene rings is 3. The molecule has 0 unspecified atom stereocenters. The van der Waals surface area contributed by atoms with Crippen molar-refractivity contribution in [2.75, 3.05) is 33.9 Å². The second-order valence-corrected chi connectivity index (χ2v) is 13.2. The number of carbonyl (C=O) groups excluding carboxylic acids is 3. The summed E-state index contributed by atoms with van der Waals surface area (Å²) in [4.78, 5) is 42.9. The van der Waals surface area contributed by atoms with Crippen molar-refractivity contribution >= 4 is 28.7 Å². The Labute approximate surface area is 273 Å². The van der Waals surface area contributed by atoms with E-state index in [0.29, 0.717) is 31.6 Å². The fraction of sp³-hybridized carbons (Fsp3) is 0.432. The molecule has 0 spiro atoms. The molecule has 3 rings (SSSR count). The summed E-state index contributed by atoms with van der Waals surface area (Å²) in [5, 5.41) is 14.2. The van der Waals surface area contributed by atoms with Crippen LogP contribution in [0, 0.1) is 0 Å². The van der Waals surface area contributed by atoms with Crippen LogP contribution in [0.1, 0.15) is 52.2 Å². The molecule has 3 aromatic carbocycles. The molecule has 0 saturated carbocycles. The summed E-state index contributed by atoms with van der Waals surface area (Å²) >= 11 is 0. The number of carbonyl (C=O) groups is 3. The van der Waals surface area contributed by atoms with Gasteiger partial charge in [0.05, 0.1) is 6.61 Å². The number of amides is 3. The van der Waals surface area contributed by atoms with Gasteiger partial charge in [0, 0.05) is 32.6 Å². The highest BCUT2D eigenvalue weighted by Crippen LogP contribution is 2.21. The first-order valence-electron chi connectivity index (χ1n) is 15.7. The molecular weight excluding hydrogens is 582 g/mol. The Balaban J connectivity index is 1.76. The van der Waals surface area contributed by atoms with Crippen molar-refractivity contribution in [1.29, 1.82) is 0 Å². The lowest BCUT2D eigenvalue weighted by molar-refractivity contribution is -0.141. The predicted molar refractivity (Wildman–Crippen MR) is 182 cm³/mol. The lowest BCUT2D eigenvalue weighted by Crippen LogP contribution is -2.49. The summed E-state index contributed by atoms with van der Waals surface area (Å²) < 4.78 is 11.0. The molecule has 1 atom stereocenters. The molecule has 0 aromatic heterocycles. The fourth-order valence-corrected chi connectivity index (χ4v) is 4.99. The highest BCUT2D eigenvalue weighted by Gasteiger charge is 2.29. The molecule has 0 radical (unpaired) electrons. The maximum atomic E-state index is 14.0. The van der Waals surface area contributed by atoms with Crippen LogP contribution in [-0.2, 0) is 27.2 Å². The summed E-state index contributed by atoms with van der Waals surface area (Å²) in [5.41, 5.74) is 0.595. The molecule has 0 bridgehead atoms. The molecule has 46 heavy (non-hydrogen) atoms. The highest BCUT2D eigenvalue weighted by atomic mass is 16.6. The Hall–Kier alpha value is -4.37. The zero-order valence-corrected chi connectivity index (χ0v) is 28.2. The number of likely N-dealkylation sites (N-methyl/N-ethyl adjacent to an activating group) is 2. The van der Waals surface area contributed by atoms with Crippen molar-refractivity contribution in [2.45, 2.75) is 71.1 Å². The van der Waals surface area contributed by atoms with Gasteiger partial charge >= 0.3 is 6.09 Å². The third kappa shape index (κ3) is 11.2. The van der Waals surface area contributed by atoms with Gasteiger partial charge in [0.25, 0.3) is 0 Å². The van der Waals surface area contributed by atoms with E-state index in [9.17, 15) is 19.5 Å². The molecule has 0 fully saturated rings. The van der Waals surface area contributed by atoms with Crippen LogP contribution in [0.25, 0.3) is 10.8 Å². The second kappa shape index (κ2) is 16.3. The molecule has 2 N–H and O–H groups in total. The maximum Gasteiger partial charge on any atom is 0.408 e. The van der Waals surface area contributed by atoms with Gasteiger partial charge in [0.2, 0.25) is 11.8 Å². The molecule has 3 aromatic rings. The molecule has 0 aliphatic rings. The van der Waals surface area contributed by atoms with Gasteiger partial charge in [-0.15, -0.1) is 0 Å². The van der Waals surface area contributed by atoms with Crippen LogP contribution < -0.4 is 10.1 Å². The Bertz CT molecular complexity index is 1510. The number of ether oxygens (including phenoxy) is 2. The van der Waals surface area contributed by atoms with Gasteiger partial charge in [0.1, 0.15) is 24.0 Å². The van der Waals surface area contributed by atoms with Gasteiger partial charge in [-0.2, -0.15) is 0 Å². The quantitative estimate of drug-likeness (QED) is 0.227. The fourth-order valence-electron chi connectivity index (χ4n) is 4.99. The van der Waals surface area contributed by atoms with E-state index in [0.717, 1.165) is 21.9 Å². The van der Waals surface area contributed by atoms with E-state index < -0.39 is 23.3 Å². The zero-order valence-electron chi connectivity index (χ0n) is 28.2. The molecule has 3 amide bonds. The smallest absolute Gasteiger partial charge is 0.408 e. The van der Waals surface area contributed by atoms with Gasteiger partial charge in [-0.05, 0) is 81.5 Å². The van der Waals surface area contributed by atoms with Crippen LogP contribution >= 0.6 is 0 Å². The van der Waals surface area contributed by atoms with Crippen molar-refractivity contribution in [3.63, 3.8) is 0 Å². The van der Waals surface area contributed by atoms with Gasteiger partial charge in [0.15, 0.2) is 0 Å². The Morgan fingerprint density at radius 1 is 0.935 bits per heavy atom. The average Bonchev–Trinajstić information content (AvgIpc) is 2.99. The van der Waals surface area contributed by atoms with Crippen LogP contribution in [0.3, 0.4) is 0 Å². The van der Waals surface area contributed by atoms with Crippen LogP contribution in [0.2, 0.25) is 0 Å². The minimum Gasteiger partial charge on any atom is -0.491 e. The monoisotopic (exact) mass is 631 g/mol. The maximum absolute atomic E-state index is 14.0. The molecular formula is C37H49N3O6. The summed E-state index contributed by atoms with van der Waals surface area (Å²) in [6, 6.07) is 20.9. The van der Waals surface area contributed by atoms with Gasteiger partial charge in [-0.25, -0.2) is 4.79 Å². The third-order valence-electron chi connectivity index (χ3n) is 7.49. The van der Waals surface area contributed by atoms with Crippen LogP contribution in [0.4, 0.5) is 4.79 Å². The van der Waals surface area contributed by atoms with Crippen molar-refractivity contribution in [3.05, 3.63) is 90.0 Å². The minimum atomic E-state index is -0.753. The van der Waals surface area contributed by atoms with E-state index in [4.69, 9.17) is 9.47 Å². The highest BCUT2D eigenvalue weighted by molar-refractivity contribution is 5.93. The zero-order chi connectivity index (χ0) is 33.9. The Kier molecular flexibility index (Phi) is 12.8. The second-order valence-electron chi connectivity index (χ2n) is 13.2. The lowest BCUT2D eigenvalue weighted by atomic mass is 9.99. The summed E-state index contributed by atoms with van der Waals surface area (Å²) in [6.07, 6.45) is 3.90. The molecule has 0 saturated heterocycles. The van der Waals surface area contributed by atoms with Crippen molar-refractivity contribution < 1.29 is 29.0 Å². The number of fused-ring (bicyclic) bond motifs is 1. The van der Waals surface area contributed by atoms with Crippen LogP contribution in [0.15, 0.2) is 78.9 Å². The van der Waals surface area contributed by atoms with E-state index >= 15 is 0 Å². The first-order valence-corrected chi connectivity index (χ1v) is 15.7. The summed E-state index contributed by atoms with van der Waals surface area (Å²) in [5.74, 6) is 0.174. The topological polar surface area (TPSA) is 108 Å². The van der Waals surface area contributed by atoms with E-state index in [1.54, 1.807) is 45.8 Å². The number of aliphatic hydroxyl groups is 1. The van der Waals surface area contributed by atoms with E-state index in [2.05, 4.69) is 11.4 Å². The van der Waals surface area contributed by atoms with E-state index in [1.165, 1.54) is 11.0 Å². The molecule has 9 nitrogen and oxygen atoms in total. The minimum absolute atomic E-state index is 0.0876. The summed E-state index contributed by atoms with van der Waals surface area (Å²) in [6.45, 7) is 9.61. The SMILES string of the molecule is CN(CCc1ccccc1OCCO)C(=O)[C@@H](Cc1ccc2ccccc2c1)N(C)C(=O)/C=C/CC(C)(C)NC(=O)OC(C)(C)C. The van der Waals surface area contributed by atoms with Crippen LogP contribution in [-0.4, -0.2) is 83.8 Å². The van der Waals surface area contributed by atoms with Crippen molar-refractivity contribution in [2.24, 2.45) is 0 Å². The lowest BCUT2D eigenvalue weighted by Gasteiger charge is -2.31. The van der Waals surface area contributed by atoms with Crippen molar-refractivity contribution in [1.82, 2.24) is 15.1 Å². The number of nitrogens with one attached hydrogen (secondary N) is 1. The Morgan fingerprint density at radius 2 is 1.61 bits per heavy atom. The first kappa shape index (κ1) is 36.1. The number of alkyl carbamates (subject to hydrolysis) is 1. The largest absolute Gasteiger partial charge is 0.491 e. The van der Waals surface area contributed by atoms with Gasteiger partial charge in [-0.1, -0.05) is 66.7 Å². The number of nitrogens with zero attached hydrogens (tertiary/aromatic N) is 2. The third-order valence-corrected chi connectivity index (χ3v) is 7.49. The molecule has 0 aliphatic carbocycles. The molecule has 248 valence electrons. The molecule has 0 aliphatic heterocycles. The molecule has 9 heteroatoms. The van der Waals surface area contributed by atoms with E-state index in [1.807, 2.05) is 74.5 Å². The average molecular weight is 632 g/mol. The number of aliphatic hydroxyl groups excluding tert-OH is 1. The summed E-state index contributed by atoms with van der Waals surface area (Å²) in [7, 11) is 3.39. The Morgan fingerprint density at radius 3 is 2.30 bits per heavy atom. The normalized spacial score (nSPS) is 12.5. The first-order chi connectivity index (χ1) is 21.7. The number of para-hydroxylation sites is 1. The van der Waals surface area contributed by atoms with Gasteiger partial charge in [-0.3, -0.25) is 9.59 Å². The van der Waals surface area contributed by atoms with Crippen molar-refractivity contribution in [3.8, 4) is 5.75 Å². The van der Waals surface area contributed by atoms with Crippen LogP contribution in [0.5, 0.6) is 5.75 Å². The van der Waals surface area contributed by atoms with E-state index in [-0.39, 0.29) is 25.0 Å². The number of hydrogen-bond acceptors (Lipinski definition) is 6. The standard InChI is InChI=1S/C37H49N3O6/c1-36(2,3)46-35(44)38-37(4,5)21-12-17-33(42)40(7)31(26-27-18-19-28-13-8-9-15-30(28)25-27)34(43)39(6)22-20-29-14-10-11-16-32(29)45-24-23-41/h8-19,25,31,41H,20-24,26H2,1-7H3,(H,38,44)/b17-12+/t31-/m1/s1.